The summed E-state index contributed by atoms with van der Waals surface area (Å²) in [6, 6.07) is 9.80. The normalized spacial score (nSPS) is 16.6. The molecule has 1 amide bonds. The third kappa shape index (κ3) is 4.90. The number of amides is 1. The molecule has 0 aliphatic carbocycles. The predicted octanol–water partition coefficient (Wildman–Crippen LogP) is 5.17. The molecular weight excluding hydrogens is 350 g/mol. The van der Waals surface area contributed by atoms with Gasteiger partial charge in [-0.05, 0) is 47.9 Å². The summed E-state index contributed by atoms with van der Waals surface area (Å²) >= 11 is 0. The Morgan fingerprint density at radius 1 is 1.18 bits per heavy atom. The van der Waals surface area contributed by atoms with E-state index in [9.17, 15) is 4.79 Å². The Bertz CT molecular complexity index is 785. The number of aromatic nitrogens is 1. The van der Waals surface area contributed by atoms with Gasteiger partial charge >= 0.3 is 0 Å². The van der Waals surface area contributed by atoms with Gasteiger partial charge in [0, 0.05) is 30.6 Å². The zero-order chi connectivity index (χ0) is 20.1. The molecule has 5 nitrogen and oxygen atoms in total. The van der Waals surface area contributed by atoms with Gasteiger partial charge in [-0.1, -0.05) is 45.9 Å². The molecule has 0 saturated carbocycles. The molecule has 0 bridgehead atoms. The number of pyridine rings is 1. The van der Waals surface area contributed by atoms with Crippen molar-refractivity contribution in [2.24, 2.45) is 0 Å². The first-order valence-corrected chi connectivity index (χ1v) is 10.2. The summed E-state index contributed by atoms with van der Waals surface area (Å²) in [5.74, 6) is 1.24. The van der Waals surface area contributed by atoms with Crippen LogP contribution in [0.25, 0.3) is 0 Å². The van der Waals surface area contributed by atoms with Crippen molar-refractivity contribution in [3.05, 3.63) is 53.2 Å². The molecule has 5 heteroatoms. The molecule has 150 valence electrons. The highest BCUT2D eigenvalue weighted by atomic mass is 16.5. The molecule has 3 rings (SSSR count). The fourth-order valence-electron chi connectivity index (χ4n) is 3.57. The maximum atomic E-state index is 13.0. The lowest BCUT2D eigenvalue weighted by Gasteiger charge is -2.20. The van der Waals surface area contributed by atoms with E-state index in [4.69, 9.17) is 4.74 Å². The van der Waals surface area contributed by atoms with Crippen LogP contribution < -0.4 is 10.6 Å². The van der Waals surface area contributed by atoms with Gasteiger partial charge in [0.1, 0.15) is 5.82 Å². The topological polar surface area (TPSA) is 63.2 Å². The lowest BCUT2D eigenvalue weighted by molar-refractivity contribution is 0.102. The van der Waals surface area contributed by atoms with E-state index in [1.807, 2.05) is 0 Å². The average molecular weight is 382 g/mol. The molecule has 1 aromatic heterocycles. The maximum Gasteiger partial charge on any atom is 0.255 e. The second-order valence-corrected chi connectivity index (χ2v) is 8.02. The van der Waals surface area contributed by atoms with E-state index < -0.39 is 0 Å². The third-order valence-corrected chi connectivity index (χ3v) is 5.17. The minimum absolute atomic E-state index is 0.113. The quantitative estimate of drug-likeness (QED) is 0.694. The number of anilines is 2. The summed E-state index contributed by atoms with van der Waals surface area (Å²) in [5, 5.41) is 6.45. The Hall–Kier alpha value is -2.40. The van der Waals surface area contributed by atoms with Crippen molar-refractivity contribution in [3.8, 4) is 0 Å². The van der Waals surface area contributed by atoms with Crippen LogP contribution in [0.5, 0.6) is 0 Å². The number of para-hydroxylation sites is 1. The van der Waals surface area contributed by atoms with Crippen molar-refractivity contribution in [1.29, 1.82) is 0 Å². The van der Waals surface area contributed by atoms with Gasteiger partial charge in [0.05, 0.1) is 6.10 Å². The lowest BCUT2D eigenvalue weighted by atomic mass is 9.92. The van der Waals surface area contributed by atoms with E-state index >= 15 is 0 Å². The number of ether oxygens (including phenoxy) is 1. The average Bonchev–Trinajstić information content (AvgIpc) is 3.20. The second-order valence-electron chi connectivity index (χ2n) is 8.02. The molecule has 2 N–H and O–H groups in total. The first kappa shape index (κ1) is 20.3. The summed E-state index contributed by atoms with van der Waals surface area (Å²) < 4.78 is 5.63. The van der Waals surface area contributed by atoms with E-state index in [2.05, 4.69) is 61.5 Å². The van der Waals surface area contributed by atoms with E-state index in [1.54, 1.807) is 18.3 Å². The van der Waals surface area contributed by atoms with E-state index in [0.717, 1.165) is 36.3 Å². The lowest BCUT2D eigenvalue weighted by Crippen LogP contribution is -2.20. The standard InChI is InChI=1S/C23H31N3O2/c1-15(2)19-8-5-9-20(16(3)4)22(19)26-23(27)17-10-11-24-21(13-17)25-14-18-7-6-12-28-18/h5,8-11,13,15-16,18H,6-7,12,14H2,1-4H3,(H,24,25)(H,26,27). The molecular formula is C23H31N3O2. The summed E-state index contributed by atoms with van der Waals surface area (Å²) in [5.41, 5.74) is 3.84. The van der Waals surface area contributed by atoms with Crippen molar-refractivity contribution < 1.29 is 9.53 Å². The highest BCUT2D eigenvalue weighted by Gasteiger charge is 2.18. The van der Waals surface area contributed by atoms with E-state index in [-0.39, 0.29) is 12.0 Å². The zero-order valence-corrected chi connectivity index (χ0v) is 17.3. The number of rotatable bonds is 7. The molecule has 1 aliphatic heterocycles. The predicted molar refractivity (Wildman–Crippen MR) is 114 cm³/mol. The van der Waals surface area contributed by atoms with Gasteiger partial charge in [-0.25, -0.2) is 4.98 Å². The fourth-order valence-corrected chi connectivity index (χ4v) is 3.57. The number of nitrogens with one attached hydrogen (secondary N) is 2. The van der Waals surface area contributed by atoms with Gasteiger partial charge in [-0.3, -0.25) is 4.79 Å². The maximum absolute atomic E-state index is 13.0. The highest BCUT2D eigenvalue weighted by molar-refractivity contribution is 6.05. The van der Waals surface area contributed by atoms with Gasteiger partial charge < -0.3 is 15.4 Å². The number of carbonyl (C=O) groups is 1. The molecule has 1 fully saturated rings. The van der Waals surface area contributed by atoms with Gasteiger partial charge in [-0.15, -0.1) is 0 Å². The second kappa shape index (κ2) is 9.20. The molecule has 1 atom stereocenters. The Morgan fingerprint density at radius 2 is 1.89 bits per heavy atom. The summed E-state index contributed by atoms with van der Waals surface area (Å²) in [7, 11) is 0. The minimum Gasteiger partial charge on any atom is -0.376 e. The highest BCUT2D eigenvalue weighted by Crippen LogP contribution is 2.32. The third-order valence-electron chi connectivity index (χ3n) is 5.17. The van der Waals surface area contributed by atoms with Crippen molar-refractivity contribution in [3.63, 3.8) is 0 Å². The number of nitrogens with zero attached hydrogens (tertiary/aromatic N) is 1. The van der Waals surface area contributed by atoms with Crippen LogP contribution in [0.2, 0.25) is 0 Å². The molecule has 0 radical (unpaired) electrons. The largest absolute Gasteiger partial charge is 0.376 e. The van der Waals surface area contributed by atoms with Gasteiger partial charge in [0.2, 0.25) is 0 Å². The van der Waals surface area contributed by atoms with Crippen LogP contribution in [0.3, 0.4) is 0 Å². The number of hydrogen-bond acceptors (Lipinski definition) is 4. The Balaban J connectivity index is 1.77. The molecule has 2 heterocycles. The Morgan fingerprint density at radius 3 is 2.50 bits per heavy atom. The first-order chi connectivity index (χ1) is 13.5. The van der Waals surface area contributed by atoms with Crippen molar-refractivity contribution in [2.45, 2.75) is 58.5 Å². The molecule has 1 aliphatic rings. The first-order valence-electron chi connectivity index (χ1n) is 10.2. The summed E-state index contributed by atoms with van der Waals surface area (Å²) in [6.45, 7) is 10.1. The van der Waals surface area contributed by atoms with Crippen LogP contribution >= 0.6 is 0 Å². The van der Waals surface area contributed by atoms with Crippen LogP contribution in [-0.4, -0.2) is 30.1 Å². The van der Waals surface area contributed by atoms with Crippen LogP contribution in [0.4, 0.5) is 11.5 Å². The fraction of sp³-hybridized carbons (Fsp3) is 0.478. The number of hydrogen-bond donors (Lipinski definition) is 2. The van der Waals surface area contributed by atoms with Crippen LogP contribution in [0, 0.1) is 0 Å². The molecule has 28 heavy (non-hydrogen) atoms. The Labute approximate surface area is 167 Å². The van der Waals surface area contributed by atoms with Crippen LogP contribution in [-0.2, 0) is 4.74 Å². The summed E-state index contributed by atoms with van der Waals surface area (Å²) in [6.07, 6.45) is 4.07. The van der Waals surface area contributed by atoms with Gasteiger partial charge in [-0.2, -0.15) is 0 Å². The molecule has 0 spiro atoms. The molecule has 1 aromatic carbocycles. The van der Waals surface area contributed by atoms with Crippen molar-refractivity contribution in [2.75, 3.05) is 23.8 Å². The van der Waals surface area contributed by atoms with Crippen molar-refractivity contribution in [1.82, 2.24) is 4.98 Å². The molecule has 1 unspecified atom stereocenters. The van der Waals surface area contributed by atoms with Crippen LogP contribution in [0.1, 0.15) is 73.9 Å². The van der Waals surface area contributed by atoms with E-state index in [1.165, 1.54) is 0 Å². The minimum atomic E-state index is -0.113. The smallest absolute Gasteiger partial charge is 0.255 e. The van der Waals surface area contributed by atoms with E-state index in [0.29, 0.717) is 29.8 Å². The Kier molecular flexibility index (Phi) is 6.68. The SMILES string of the molecule is CC(C)c1cccc(C(C)C)c1NC(=O)c1ccnc(NCC2CCCO2)c1. The molecule has 2 aromatic rings. The monoisotopic (exact) mass is 381 g/mol. The molecule has 1 saturated heterocycles. The zero-order valence-electron chi connectivity index (χ0n) is 17.3. The van der Waals surface area contributed by atoms with Gasteiger partial charge in [0.25, 0.3) is 5.91 Å². The van der Waals surface area contributed by atoms with Gasteiger partial charge in [0.15, 0.2) is 0 Å². The summed E-state index contributed by atoms with van der Waals surface area (Å²) in [4.78, 5) is 17.3. The number of benzene rings is 1. The van der Waals surface area contributed by atoms with Crippen LogP contribution in [0.15, 0.2) is 36.5 Å². The van der Waals surface area contributed by atoms with Crippen molar-refractivity contribution >= 4 is 17.4 Å². The number of carbonyl (C=O) groups excluding carboxylic acids is 1.